The number of nitrogens with one attached hydrogen (secondary N) is 3. The minimum absolute atomic E-state index is 0.0355. The maximum Gasteiger partial charge on any atom is 0.490 e. The number of nitrogens with zero attached hydrogens (tertiary/aromatic N) is 2. The van der Waals surface area contributed by atoms with Gasteiger partial charge in [0.1, 0.15) is 29.4 Å². The molecule has 5 unspecified atom stereocenters. The molecule has 370 valence electrons. The molecule has 2 amide bonds. The molecule has 1 saturated heterocycles. The topological polar surface area (TPSA) is 412 Å². The quantitative estimate of drug-likeness (QED) is 0.0255. The summed E-state index contributed by atoms with van der Waals surface area (Å²) in [5, 5.41) is 36.7. The van der Waals surface area contributed by atoms with E-state index in [2.05, 4.69) is 45.6 Å². The van der Waals surface area contributed by atoms with E-state index in [9.17, 15) is 62.8 Å². The fraction of sp³-hybridized carbons (Fsp3) is 0.268. The maximum atomic E-state index is 13.1. The Morgan fingerprint density at radius 1 is 0.943 bits per heavy atom. The molecular formula is C41H41N6O20P3. The number of phosphoric acid groups is 3. The van der Waals surface area contributed by atoms with Gasteiger partial charge in [-0.1, -0.05) is 24.3 Å². The molecule has 0 saturated carbocycles. The average Bonchev–Trinajstić information content (AvgIpc) is 3.82. The Bertz CT molecular complexity index is 3340. The highest BCUT2D eigenvalue weighted by Gasteiger charge is 2.43. The van der Waals surface area contributed by atoms with Crippen LogP contribution in [0.1, 0.15) is 64.6 Å². The van der Waals surface area contributed by atoms with E-state index in [1.165, 1.54) is 59.3 Å². The van der Waals surface area contributed by atoms with Gasteiger partial charge in [-0.25, -0.2) is 18.5 Å². The van der Waals surface area contributed by atoms with Crippen molar-refractivity contribution < 1.29 is 85.3 Å². The van der Waals surface area contributed by atoms with Crippen LogP contribution >= 0.6 is 23.5 Å². The standard InChI is InChI=1S/C41H41N6O20P3/c42-41-45-37-35(39(53)46-41)22(19-47(37)34-18-29(50)32(65-34)20-63-69(59,60)67-70(61,62)66-68(56,57)58)5-4-14-43-33(51)6-2-1-3-13-44-38(52)21-7-10-25(28(15-21)40(54)55)36-26-11-8-23(48)16-30(26)64-31-17-24(49)9-12-27(31)36/h7-12,15-17,19,29,32,34,48,50H,1-3,6,13-14,18,20H2,(H,43,51)(H,44,52)(H,54,55)(H,59,60)(H,61,62)(H2,56,57,58)(H3,42,45,46,53). The van der Waals surface area contributed by atoms with Gasteiger partial charge in [0.15, 0.2) is 11.1 Å². The van der Waals surface area contributed by atoms with Gasteiger partial charge in [0.2, 0.25) is 11.9 Å². The van der Waals surface area contributed by atoms with Gasteiger partial charge in [0, 0.05) is 59.8 Å². The summed E-state index contributed by atoms with van der Waals surface area (Å²) in [6.45, 7) is -0.872. The highest BCUT2D eigenvalue weighted by molar-refractivity contribution is 7.66. The van der Waals surface area contributed by atoms with Crippen LogP contribution < -0.4 is 27.4 Å². The number of carboxylic acid groups (broad SMARTS) is 1. The predicted molar refractivity (Wildman–Crippen MR) is 243 cm³/mol. The second-order valence-electron chi connectivity index (χ2n) is 15.4. The number of phenolic OH excluding ortho intramolecular Hbond substituents is 1. The third-order valence-electron chi connectivity index (χ3n) is 10.5. The Labute approximate surface area is 392 Å². The van der Waals surface area contributed by atoms with Gasteiger partial charge in [-0.15, -0.1) is 0 Å². The Kier molecular flexibility index (Phi) is 15.3. The van der Waals surface area contributed by atoms with Gasteiger partial charge in [-0.05, 0) is 54.8 Å². The minimum Gasteiger partial charge on any atom is -0.508 e. The number of carboxylic acids is 1. The van der Waals surface area contributed by atoms with Crippen molar-refractivity contribution in [1.82, 2.24) is 25.2 Å². The first-order chi connectivity index (χ1) is 33.0. The Balaban J connectivity index is 0.899. The number of nitrogens with two attached hydrogens (primary N) is 1. The lowest BCUT2D eigenvalue weighted by molar-refractivity contribution is -0.121. The summed E-state index contributed by atoms with van der Waals surface area (Å²) in [5.41, 5.74) is 6.06. The van der Waals surface area contributed by atoms with Crippen LogP contribution in [-0.2, 0) is 36.4 Å². The number of aromatic amines is 1. The summed E-state index contributed by atoms with van der Waals surface area (Å²) < 4.78 is 59.5. The van der Waals surface area contributed by atoms with Gasteiger partial charge < -0.3 is 65.0 Å². The summed E-state index contributed by atoms with van der Waals surface area (Å²) in [7, 11) is -17.0. The number of nitrogen functional groups attached to an aromatic ring is 1. The zero-order valence-electron chi connectivity index (χ0n) is 35.9. The highest BCUT2D eigenvalue weighted by Crippen LogP contribution is 2.66. The number of phenols is 1. The number of amides is 2. The lowest BCUT2D eigenvalue weighted by Gasteiger charge is -2.19. The number of aliphatic hydroxyl groups is 1. The number of unbranched alkanes of at least 4 members (excludes halogenated alkanes) is 2. The molecule has 4 aromatic rings. The Morgan fingerprint density at radius 3 is 2.44 bits per heavy atom. The average molecular weight is 1030 g/mol. The number of phosphoric ester groups is 1. The first-order valence-corrected chi connectivity index (χ1v) is 25.1. The van der Waals surface area contributed by atoms with E-state index in [-0.39, 0.29) is 93.6 Å². The summed E-state index contributed by atoms with van der Waals surface area (Å²) in [4.78, 5) is 106. The number of rotatable bonds is 18. The molecule has 2 aromatic heterocycles. The van der Waals surface area contributed by atoms with Crippen molar-refractivity contribution in [2.75, 3.05) is 25.4 Å². The summed E-state index contributed by atoms with van der Waals surface area (Å²) >= 11 is 0. The highest BCUT2D eigenvalue weighted by atomic mass is 31.3. The maximum absolute atomic E-state index is 13.1. The number of H-pyrrole nitrogens is 1. The third-order valence-corrected chi connectivity index (χ3v) is 14.3. The van der Waals surface area contributed by atoms with E-state index < -0.39 is 65.9 Å². The summed E-state index contributed by atoms with van der Waals surface area (Å²) in [6.07, 6.45) is -1.22. The van der Waals surface area contributed by atoms with Crippen LogP contribution in [0, 0.1) is 11.8 Å². The molecule has 12 N–H and O–H groups in total. The van der Waals surface area contributed by atoms with E-state index in [0.717, 1.165) is 0 Å². The van der Waals surface area contributed by atoms with Crippen LogP contribution in [0.25, 0.3) is 44.5 Å². The molecule has 26 nitrogen and oxygen atoms in total. The van der Waals surface area contributed by atoms with Crippen LogP contribution in [-0.4, -0.2) is 99.1 Å². The Morgan fingerprint density at radius 2 is 1.70 bits per heavy atom. The molecule has 7 rings (SSSR count). The SMILES string of the molecule is Nc1nc2c(c(C#CCNC(=O)CCCCCNC(=O)c3ccc(-c4c5ccc(=O)cc-5oc5cc(O)ccc45)c(C(=O)O)c3)cn2C2CC(O)C(COP(=O)(O)OP(=O)(O)OP(=O)(O)O)O2)c(=O)[nH]1. The minimum atomic E-state index is -5.80. The smallest absolute Gasteiger partial charge is 0.490 e. The fourth-order valence-electron chi connectivity index (χ4n) is 7.49. The molecule has 5 atom stereocenters. The number of aromatic nitrogens is 3. The number of hydrogen-bond acceptors (Lipinski definition) is 17. The zero-order valence-corrected chi connectivity index (χ0v) is 38.6. The summed E-state index contributed by atoms with van der Waals surface area (Å²) in [5.74, 6) is 3.11. The van der Waals surface area contributed by atoms with Crippen LogP contribution in [0.2, 0.25) is 0 Å². The monoisotopic (exact) mass is 1030 g/mol. The number of hydrogen-bond donors (Lipinski definition) is 11. The normalized spacial score (nSPS) is 17.7. The van der Waals surface area contributed by atoms with Crippen LogP contribution in [0.3, 0.4) is 0 Å². The van der Waals surface area contributed by atoms with Crippen molar-refractivity contribution in [3.8, 4) is 40.0 Å². The second kappa shape index (κ2) is 20.8. The number of aliphatic hydroxyl groups excluding tert-OH is 1. The van der Waals surface area contributed by atoms with Crippen molar-refractivity contribution >= 4 is 69.2 Å². The number of aromatic carboxylic acids is 1. The van der Waals surface area contributed by atoms with E-state index in [0.29, 0.717) is 35.8 Å². The number of anilines is 1. The Hall–Kier alpha value is -6.55. The largest absolute Gasteiger partial charge is 0.508 e. The number of benzene rings is 3. The number of carbonyl (C=O) groups excluding carboxylic acids is 2. The lowest BCUT2D eigenvalue weighted by atomic mass is 9.90. The zero-order chi connectivity index (χ0) is 50.7. The van der Waals surface area contributed by atoms with Crippen LogP contribution in [0.4, 0.5) is 5.95 Å². The number of carbonyl (C=O) groups is 3. The van der Waals surface area contributed by atoms with Crippen molar-refractivity contribution in [3.63, 3.8) is 0 Å². The molecule has 4 heterocycles. The van der Waals surface area contributed by atoms with Crippen molar-refractivity contribution in [2.45, 2.75) is 50.5 Å². The van der Waals surface area contributed by atoms with Crippen LogP contribution in [0.5, 0.6) is 5.75 Å². The van der Waals surface area contributed by atoms with E-state index in [1.54, 1.807) is 6.07 Å². The first-order valence-electron chi connectivity index (χ1n) is 20.6. The molecule has 1 fully saturated rings. The van der Waals surface area contributed by atoms with Gasteiger partial charge in [0.25, 0.3) is 11.5 Å². The van der Waals surface area contributed by atoms with Crippen molar-refractivity contribution in [3.05, 3.63) is 98.1 Å². The molecule has 3 aliphatic rings. The van der Waals surface area contributed by atoms with Gasteiger partial charge in [-0.2, -0.15) is 13.6 Å². The van der Waals surface area contributed by atoms with Gasteiger partial charge in [0.05, 0.1) is 35.8 Å². The van der Waals surface area contributed by atoms with E-state index >= 15 is 0 Å². The number of fused-ring (bicyclic) bond motifs is 3. The second-order valence-corrected chi connectivity index (χ2v) is 19.9. The van der Waals surface area contributed by atoms with Gasteiger partial charge >= 0.3 is 29.4 Å². The molecule has 2 aromatic carbocycles. The van der Waals surface area contributed by atoms with E-state index in [4.69, 9.17) is 24.7 Å². The number of ether oxygens (including phenoxy) is 1. The van der Waals surface area contributed by atoms with E-state index in [1.807, 2.05) is 0 Å². The van der Waals surface area contributed by atoms with Gasteiger partial charge in [-0.3, -0.25) is 28.7 Å². The summed E-state index contributed by atoms with van der Waals surface area (Å²) in [6, 6.07) is 12.6. The fourth-order valence-corrected chi connectivity index (χ4v) is 10.5. The molecule has 70 heavy (non-hydrogen) atoms. The predicted octanol–water partition coefficient (Wildman–Crippen LogP) is 3.04. The van der Waals surface area contributed by atoms with Crippen molar-refractivity contribution in [1.29, 1.82) is 0 Å². The first kappa shape index (κ1) is 51.3. The molecule has 2 aliphatic heterocycles. The lowest BCUT2D eigenvalue weighted by Crippen LogP contribution is -2.26. The van der Waals surface area contributed by atoms with Crippen LogP contribution in [0.15, 0.2) is 74.8 Å². The molecular weight excluding hydrogens is 989 g/mol. The third kappa shape index (κ3) is 12.4. The molecule has 0 radical (unpaired) electrons. The molecule has 29 heteroatoms. The number of aromatic hydroxyl groups is 1. The molecule has 1 aliphatic carbocycles. The molecule has 0 bridgehead atoms. The molecule has 0 spiro atoms. The van der Waals surface area contributed by atoms with Crippen molar-refractivity contribution in [2.24, 2.45) is 0 Å².